The van der Waals surface area contributed by atoms with Gasteiger partial charge in [-0.3, -0.25) is 0 Å². The van der Waals surface area contributed by atoms with Crippen LogP contribution in [0.5, 0.6) is 0 Å². The Kier molecular flexibility index (Phi) is 5.45. The van der Waals surface area contributed by atoms with Crippen LogP contribution in [-0.4, -0.2) is 55.4 Å². The van der Waals surface area contributed by atoms with E-state index >= 15 is 0 Å². The molecule has 5 aromatic rings. The summed E-state index contributed by atoms with van der Waals surface area (Å²) in [6.45, 7) is 1.83. The molecule has 7 rings (SSSR count). The highest BCUT2D eigenvalue weighted by Gasteiger charge is 2.30. The van der Waals surface area contributed by atoms with Crippen molar-refractivity contribution in [3.8, 4) is 17.5 Å². The highest BCUT2D eigenvalue weighted by molar-refractivity contribution is 5.87. The topological polar surface area (TPSA) is 109 Å². The van der Waals surface area contributed by atoms with Crippen LogP contribution in [0.1, 0.15) is 36.4 Å². The van der Waals surface area contributed by atoms with Crippen LogP contribution < -0.4 is 9.80 Å². The molecule has 2 saturated heterocycles. The van der Waals surface area contributed by atoms with Gasteiger partial charge in [-0.2, -0.15) is 10.4 Å². The number of aromatic amines is 1. The summed E-state index contributed by atoms with van der Waals surface area (Å²) < 4.78 is 30.2. The average molecular weight is 527 g/mol. The number of β-amino-alcohol motifs (C(OH)–C–C–N with tert-alkyl or cyclic N) is 1. The highest BCUT2D eigenvalue weighted by atomic mass is 19.1. The Hall–Kier alpha value is -4.56. The summed E-state index contributed by atoms with van der Waals surface area (Å²) in [7, 11) is 0. The number of fused-ring (bicyclic) bond motifs is 2. The van der Waals surface area contributed by atoms with Gasteiger partial charge in [0.15, 0.2) is 5.65 Å². The zero-order valence-electron chi connectivity index (χ0n) is 20.8. The van der Waals surface area contributed by atoms with Gasteiger partial charge in [0.1, 0.15) is 29.3 Å². The smallest absolute Gasteiger partial charge is 0.168 e. The molecule has 2 aromatic carbocycles. The van der Waals surface area contributed by atoms with Gasteiger partial charge >= 0.3 is 0 Å². The van der Waals surface area contributed by atoms with E-state index < -0.39 is 17.7 Å². The molecule has 39 heavy (non-hydrogen) atoms. The Bertz CT molecular complexity index is 1770. The maximum Gasteiger partial charge on any atom is 0.168 e. The molecular formula is C28H24F2N8O. The fourth-order valence-corrected chi connectivity index (χ4v) is 5.81. The lowest BCUT2D eigenvalue weighted by Crippen LogP contribution is -2.24. The second kappa shape index (κ2) is 9.03. The third-order valence-corrected chi connectivity index (χ3v) is 7.70. The summed E-state index contributed by atoms with van der Waals surface area (Å²) in [5.41, 5.74) is 4.24. The molecule has 2 atom stereocenters. The maximum atomic E-state index is 14.6. The van der Waals surface area contributed by atoms with Crippen LogP contribution in [0.4, 0.5) is 20.3 Å². The zero-order chi connectivity index (χ0) is 26.7. The van der Waals surface area contributed by atoms with Crippen molar-refractivity contribution in [3.05, 3.63) is 71.6 Å². The van der Waals surface area contributed by atoms with Crippen LogP contribution in [0.3, 0.4) is 0 Å². The minimum atomic E-state index is -0.465. The molecule has 0 bridgehead atoms. The van der Waals surface area contributed by atoms with E-state index in [1.54, 1.807) is 23.0 Å². The van der Waals surface area contributed by atoms with Crippen LogP contribution in [0.15, 0.2) is 48.8 Å². The number of nitrogens with zero attached hydrogens (tertiary/aromatic N) is 7. The normalized spacial score (nSPS) is 19.4. The third kappa shape index (κ3) is 3.95. The van der Waals surface area contributed by atoms with Gasteiger partial charge in [-0.05, 0) is 55.7 Å². The van der Waals surface area contributed by atoms with Crippen molar-refractivity contribution in [1.29, 1.82) is 5.26 Å². The van der Waals surface area contributed by atoms with Crippen molar-refractivity contribution in [2.24, 2.45) is 0 Å². The number of imidazole rings is 1. The molecular weight excluding hydrogens is 502 g/mol. The molecule has 196 valence electrons. The Morgan fingerprint density at radius 3 is 2.79 bits per heavy atom. The number of aliphatic hydroxyl groups excluding tert-OH is 1. The first-order chi connectivity index (χ1) is 19.0. The van der Waals surface area contributed by atoms with E-state index in [9.17, 15) is 19.1 Å². The molecule has 2 aliphatic heterocycles. The third-order valence-electron chi connectivity index (χ3n) is 7.70. The fraction of sp³-hybridized carbons (Fsp3) is 0.286. The summed E-state index contributed by atoms with van der Waals surface area (Å²) in [6.07, 6.45) is 5.26. The lowest BCUT2D eigenvalue weighted by molar-refractivity contribution is 0.198. The molecule has 0 aliphatic carbocycles. The van der Waals surface area contributed by atoms with E-state index in [1.807, 2.05) is 21.9 Å². The second-order valence-electron chi connectivity index (χ2n) is 10.1. The van der Waals surface area contributed by atoms with Gasteiger partial charge in [-0.1, -0.05) is 0 Å². The van der Waals surface area contributed by atoms with Crippen molar-refractivity contribution in [1.82, 2.24) is 24.6 Å². The largest absolute Gasteiger partial charge is 0.391 e. The van der Waals surface area contributed by atoms with Gasteiger partial charge in [0, 0.05) is 31.4 Å². The van der Waals surface area contributed by atoms with Gasteiger partial charge in [-0.25, -0.2) is 23.3 Å². The number of halogens is 2. The maximum absolute atomic E-state index is 14.6. The lowest BCUT2D eigenvalue weighted by atomic mass is 10.0. The standard InChI is InChI=1S/C28H24F2N8O/c29-17-3-4-21(30)19(11-17)24-2-1-7-37(24)26-6-9-38-28(35-26)20(14-32-38)27-33-22-10-16(13-31)25(12-23(22)34-27)36-8-5-18(39)15-36/h3-4,6,9-12,14,18,24,39H,1-2,5,7-8,15H2,(H,33,34)/t18-,24+/m0/s1. The summed E-state index contributed by atoms with van der Waals surface area (Å²) in [5, 5.41) is 24.2. The molecule has 3 aromatic heterocycles. The number of nitrogens with one attached hydrogen (secondary N) is 1. The number of nitriles is 1. The number of anilines is 2. The predicted molar refractivity (Wildman–Crippen MR) is 141 cm³/mol. The zero-order valence-corrected chi connectivity index (χ0v) is 20.8. The lowest BCUT2D eigenvalue weighted by Gasteiger charge is -2.26. The van der Waals surface area contributed by atoms with Crippen LogP contribution >= 0.6 is 0 Å². The Balaban J connectivity index is 1.27. The summed E-state index contributed by atoms with van der Waals surface area (Å²) in [5.74, 6) is 0.309. The second-order valence-corrected chi connectivity index (χ2v) is 10.1. The molecule has 0 spiro atoms. The number of aliphatic hydroxyl groups is 1. The monoisotopic (exact) mass is 526 g/mol. The van der Waals surface area contributed by atoms with Crippen LogP contribution in [0, 0.1) is 23.0 Å². The van der Waals surface area contributed by atoms with E-state index in [4.69, 9.17) is 9.97 Å². The molecule has 0 unspecified atom stereocenters. The van der Waals surface area contributed by atoms with Crippen molar-refractivity contribution in [2.75, 3.05) is 29.4 Å². The minimum Gasteiger partial charge on any atom is -0.391 e. The Morgan fingerprint density at radius 2 is 1.97 bits per heavy atom. The summed E-state index contributed by atoms with van der Waals surface area (Å²) >= 11 is 0. The quantitative estimate of drug-likeness (QED) is 0.359. The molecule has 11 heteroatoms. The Labute approximate surface area is 221 Å². The van der Waals surface area contributed by atoms with Crippen LogP contribution in [0.25, 0.3) is 28.1 Å². The van der Waals surface area contributed by atoms with E-state index in [0.29, 0.717) is 77.5 Å². The van der Waals surface area contributed by atoms with Crippen LogP contribution in [-0.2, 0) is 0 Å². The fourth-order valence-electron chi connectivity index (χ4n) is 5.81. The van der Waals surface area contributed by atoms with E-state index in [0.717, 1.165) is 18.2 Å². The van der Waals surface area contributed by atoms with Crippen molar-refractivity contribution < 1.29 is 13.9 Å². The summed E-state index contributed by atoms with van der Waals surface area (Å²) in [6, 6.07) is 11.0. The molecule has 0 saturated carbocycles. The van der Waals surface area contributed by atoms with Crippen molar-refractivity contribution >= 4 is 28.2 Å². The Morgan fingerprint density at radius 1 is 1.08 bits per heavy atom. The number of hydrogen-bond donors (Lipinski definition) is 2. The van der Waals surface area contributed by atoms with Crippen molar-refractivity contribution in [3.63, 3.8) is 0 Å². The molecule has 9 nitrogen and oxygen atoms in total. The molecule has 2 N–H and O–H groups in total. The number of H-pyrrole nitrogens is 1. The first-order valence-electron chi connectivity index (χ1n) is 12.9. The van der Waals surface area contributed by atoms with Gasteiger partial charge in [0.2, 0.25) is 0 Å². The predicted octanol–water partition coefficient (Wildman–Crippen LogP) is 4.33. The molecule has 0 radical (unpaired) electrons. The van der Waals surface area contributed by atoms with Gasteiger partial charge < -0.3 is 19.9 Å². The molecule has 5 heterocycles. The number of benzene rings is 2. The highest BCUT2D eigenvalue weighted by Crippen LogP contribution is 2.37. The SMILES string of the molecule is N#Cc1cc2[nH]c(-c3cnn4ccc(N5CCC[C@@H]5c5cc(F)ccc5F)nc34)nc2cc1N1CC[C@H](O)C1. The number of aromatic nitrogens is 5. The first-order valence-corrected chi connectivity index (χ1v) is 12.9. The van der Waals surface area contributed by atoms with Crippen LogP contribution in [0.2, 0.25) is 0 Å². The van der Waals surface area contributed by atoms with E-state index in [1.165, 1.54) is 12.1 Å². The molecule has 0 amide bonds. The van der Waals surface area contributed by atoms with Gasteiger partial charge in [0.05, 0.1) is 46.2 Å². The van der Waals surface area contributed by atoms with Crippen molar-refractivity contribution in [2.45, 2.75) is 31.4 Å². The molecule has 2 aliphatic rings. The van der Waals surface area contributed by atoms with Gasteiger partial charge in [0.25, 0.3) is 0 Å². The number of hydrogen-bond acceptors (Lipinski definition) is 7. The minimum absolute atomic E-state index is 0.319. The first kappa shape index (κ1) is 23.5. The van der Waals surface area contributed by atoms with E-state index in [-0.39, 0.29) is 6.04 Å². The molecule has 2 fully saturated rings. The summed E-state index contributed by atoms with van der Waals surface area (Å²) in [4.78, 5) is 17.0. The van der Waals surface area contributed by atoms with Gasteiger partial charge in [-0.15, -0.1) is 0 Å². The number of rotatable bonds is 4. The van der Waals surface area contributed by atoms with E-state index in [2.05, 4.69) is 16.2 Å². The average Bonchev–Trinajstić information content (AvgIpc) is 3.74.